The number of halogens is 2. The first-order chi connectivity index (χ1) is 7.68. The highest BCUT2D eigenvalue weighted by Gasteiger charge is 2.27. The Morgan fingerprint density at radius 1 is 1.47 bits per heavy atom. The predicted octanol–water partition coefficient (Wildman–Crippen LogP) is 2.05. The zero-order valence-electron chi connectivity index (χ0n) is 9.65. The van der Waals surface area contributed by atoms with Crippen LogP contribution in [0.15, 0.2) is 28.7 Å². The second kappa shape index (κ2) is 6.38. The number of benzene rings is 1. The Labute approximate surface area is 116 Å². The van der Waals surface area contributed by atoms with Gasteiger partial charge in [0.2, 0.25) is 5.91 Å². The van der Waals surface area contributed by atoms with Gasteiger partial charge in [-0.3, -0.25) is 4.79 Å². The summed E-state index contributed by atoms with van der Waals surface area (Å²) in [5.74, 6) is 0.405. The lowest BCUT2D eigenvalue weighted by molar-refractivity contribution is -0.136. The first-order valence-electron chi connectivity index (χ1n) is 5.37. The van der Waals surface area contributed by atoms with Crippen LogP contribution in [0.5, 0.6) is 0 Å². The molecule has 0 atom stereocenters. The number of rotatable bonds is 3. The fourth-order valence-corrected chi connectivity index (χ4v) is 2.15. The number of hydrogen-bond donors (Lipinski definition) is 1. The second-order valence-corrected chi connectivity index (χ2v) is 5.00. The van der Waals surface area contributed by atoms with Crippen LogP contribution in [0.3, 0.4) is 0 Å². The highest BCUT2D eigenvalue weighted by atomic mass is 79.9. The van der Waals surface area contributed by atoms with Gasteiger partial charge in [-0.15, -0.1) is 12.4 Å². The van der Waals surface area contributed by atoms with Gasteiger partial charge in [-0.05, 0) is 11.6 Å². The first kappa shape index (κ1) is 14.5. The van der Waals surface area contributed by atoms with Gasteiger partial charge in [-0.2, -0.15) is 0 Å². The summed E-state index contributed by atoms with van der Waals surface area (Å²) in [6, 6.07) is 8.00. The van der Waals surface area contributed by atoms with Crippen molar-refractivity contribution in [2.24, 2.45) is 5.92 Å². The number of carbonyl (C=O) groups is 1. The van der Waals surface area contributed by atoms with E-state index in [0.717, 1.165) is 23.1 Å². The van der Waals surface area contributed by atoms with Crippen molar-refractivity contribution >= 4 is 34.2 Å². The van der Waals surface area contributed by atoms with Gasteiger partial charge in [0.25, 0.3) is 0 Å². The van der Waals surface area contributed by atoms with E-state index in [0.29, 0.717) is 6.54 Å². The SMILES string of the molecule is CN(Cc1ccccc1Br)C(=O)C1CNC1.Cl. The largest absolute Gasteiger partial charge is 0.341 e. The molecule has 1 saturated heterocycles. The zero-order chi connectivity index (χ0) is 11.5. The molecule has 3 nitrogen and oxygen atoms in total. The Balaban J connectivity index is 0.00000144. The molecule has 0 aromatic heterocycles. The molecular weight excluding hydrogens is 304 g/mol. The minimum atomic E-state index is 0. The van der Waals surface area contributed by atoms with E-state index in [-0.39, 0.29) is 24.2 Å². The maximum atomic E-state index is 11.9. The van der Waals surface area contributed by atoms with E-state index in [1.54, 1.807) is 4.90 Å². The molecule has 2 rings (SSSR count). The van der Waals surface area contributed by atoms with E-state index < -0.39 is 0 Å². The lowest BCUT2D eigenvalue weighted by Crippen LogP contribution is -2.51. The van der Waals surface area contributed by atoms with Crippen LogP contribution in [0.1, 0.15) is 5.56 Å². The van der Waals surface area contributed by atoms with Crippen molar-refractivity contribution in [3.05, 3.63) is 34.3 Å². The third kappa shape index (κ3) is 3.44. The van der Waals surface area contributed by atoms with Crippen LogP contribution < -0.4 is 5.32 Å². The summed E-state index contributed by atoms with van der Waals surface area (Å²) in [6.07, 6.45) is 0. The smallest absolute Gasteiger partial charge is 0.228 e. The van der Waals surface area contributed by atoms with Crippen LogP contribution in [-0.2, 0) is 11.3 Å². The molecule has 17 heavy (non-hydrogen) atoms. The van der Waals surface area contributed by atoms with Gasteiger partial charge < -0.3 is 10.2 Å². The van der Waals surface area contributed by atoms with Crippen molar-refractivity contribution in [2.45, 2.75) is 6.54 Å². The van der Waals surface area contributed by atoms with Gasteiger partial charge in [0, 0.05) is 31.2 Å². The molecule has 1 amide bonds. The summed E-state index contributed by atoms with van der Waals surface area (Å²) >= 11 is 3.49. The van der Waals surface area contributed by atoms with Crippen LogP contribution in [0.4, 0.5) is 0 Å². The Kier molecular flexibility index (Phi) is 5.43. The molecule has 0 unspecified atom stereocenters. The molecule has 0 spiro atoms. The molecule has 0 saturated carbocycles. The van der Waals surface area contributed by atoms with E-state index in [4.69, 9.17) is 0 Å². The van der Waals surface area contributed by atoms with Gasteiger partial charge in [0.1, 0.15) is 0 Å². The second-order valence-electron chi connectivity index (χ2n) is 4.14. The summed E-state index contributed by atoms with van der Waals surface area (Å²) in [4.78, 5) is 13.7. The molecular formula is C12H16BrClN2O. The van der Waals surface area contributed by atoms with Crippen LogP contribution in [0, 0.1) is 5.92 Å². The molecule has 1 aromatic rings. The number of nitrogens with one attached hydrogen (secondary N) is 1. The van der Waals surface area contributed by atoms with E-state index in [1.807, 2.05) is 31.3 Å². The van der Waals surface area contributed by atoms with Crippen LogP contribution >= 0.6 is 28.3 Å². The summed E-state index contributed by atoms with van der Waals surface area (Å²) < 4.78 is 1.06. The highest BCUT2D eigenvalue weighted by Crippen LogP contribution is 2.18. The topological polar surface area (TPSA) is 32.3 Å². The predicted molar refractivity (Wildman–Crippen MR) is 74.2 cm³/mol. The summed E-state index contributed by atoms with van der Waals surface area (Å²) in [6.45, 7) is 2.30. The number of hydrogen-bond acceptors (Lipinski definition) is 2. The number of amides is 1. The van der Waals surface area contributed by atoms with Crippen molar-refractivity contribution in [2.75, 3.05) is 20.1 Å². The van der Waals surface area contributed by atoms with Crippen LogP contribution in [0.25, 0.3) is 0 Å². The monoisotopic (exact) mass is 318 g/mol. The number of carbonyl (C=O) groups excluding carboxylic acids is 1. The third-order valence-corrected chi connectivity index (χ3v) is 3.65. The molecule has 1 aliphatic rings. The van der Waals surface area contributed by atoms with Crippen molar-refractivity contribution in [3.8, 4) is 0 Å². The number of nitrogens with zero attached hydrogens (tertiary/aromatic N) is 1. The first-order valence-corrected chi connectivity index (χ1v) is 6.17. The maximum absolute atomic E-state index is 11.9. The van der Waals surface area contributed by atoms with Gasteiger partial charge in [-0.25, -0.2) is 0 Å². The van der Waals surface area contributed by atoms with Gasteiger partial charge in [0.15, 0.2) is 0 Å². The van der Waals surface area contributed by atoms with Crippen molar-refractivity contribution in [3.63, 3.8) is 0 Å². The molecule has 1 aliphatic heterocycles. The molecule has 94 valence electrons. The van der Waals surface area contributed by atoms with Crippen molar-refractivity contribution in [1.29, 1.82) is 0 Å². The molecule has 0 radical (unpaired) electrons. The summed E-state index contributed by atoms with van der Waals surface area (Å²) in [5, 5.41) is 3.12. The average molecular weight is 320 g/mol. The Bertz CT molecular complexity index is 396. The van der Waals surface area contributed by atoms with E-state index in [2.05, 4.69) is 21.2 Å². The van der Waals surface area contributed by atoms with Gasteiger partial charge >= 0.3 is 0 Å². The van der Waals surface area contributed by atoms with Crippen molar-refractivity contribution in [1.82, 2.24) is 10.2 Å². The Morgan fingerprint density at radius 2 is 2.12 bits per heavy atom. The van der Waals surface area contributed by atoms with E-state index in [1.165, 1.54) is 0 Å². The van der Waals surface area contributed by atoms with Gasteiger partial charge in [0.05, 0.1) is 5.92 Å². The van der Waals surface area contributed by atoms with Crippen LogP contribution in [0.2, 0.25) is 0 Å². The zero-order valence-corrected chi connectivity index (χ0v) is 12.1. The minimum Gasteiger partial charge on any atom is -0.341 e. The molecule has 1 N–H and O–H groups in total. The van der Waals surface area contributed by atoms with Crippen molar-refractivity contribution < 1.29 is 4.79 Å². The summed E-state index contributed by atoms with van der Waals surface area (Å²) in [7, 11) is 1.86. The Morgan fingerprint density at radius 3 is 2.65 bits per heavy atom. The molecule has 5 heteroatoms. The quantitative estimate of drug-likeness (QED) is 0.925. The lowest BCUT2D eigenvalue weighted by Gasteiger charge is -2.30. The fourth-order valence-electron chi connectivity index (χ4n) is 1.74. The summed E-state index contributed by atoms with van der Waals surface area (Å²) in [5.41, 5.74) is 1.14. The Hall–Kier alpha value is -0.580. The third-order valence-electron chi connectivity index (χ3n) is 2.87. The molecule has 0 bridgehead atoms. The minimum absolute atomic E-state index is 0. The average Bonchev–Trinajstić information content (AvgIpc) is 2.18. The lowest BCUT2D eigenvalue weighted by atomic mass is 10.0. The fraction of sp³-hybridized carbons (Fsp3) is 0.417. The molecule has 1 heterocycles. The molecule has 1 aromatic carbocycles. The van der Waals surface area contributed by atoms with Gasteiger partial charge in [-0.1, -0.05) is 34.1 Å². The van der Waals surface area contributed by atoms with Crippen LogP contribution in [-0.4, -0.2) is 30.9 Å². The normalized spacial score (nSPS) is 14.7. The molecule has 0 aliphatic carbocycles. The van der Waals surface area contributed by atoms with E-state index >= 15 is 0 Å². The maximum Gasteiger partial charge on any atom is 0.228 e. The highest BCUT2D eigenvalue weighted by molar-refractivity contribution is 9.10. The van der Waals surface area contributed by atoms with E-state index in [9.17, 15) is 4.79 Å². The molecule has 1 fully saturated rings. The standard InChI is InChI=1S/C12H15BrN2O.ClH/c1-15(12(16)10-6-14-7-10)8-9-4-2-3-5-11(9)13;/h2-5,10,14H,6-8H2,1H3;1H.